The van der Waals surface area contributed by atoms with Gasteiger partial charge in [-0.05, 0) is 30.0 Å². The molecule has 4 N–H and O–H groups in total. The van der Waals surface area contributed by atoms with Crippen molar-refractivity contribution in [2.24, 2.45) is 10.7 Å². The van der Waals surface area contributed by atoms with Crippen LogP contribution >= 0.6 is 11.3 Å². The van der Waals surface area contributed by atoms with Gasteiger partial charge in [-0.3, -0.25) is 4.79 Å². The maximum absolute atomic E-state index is 13.4. The van der Waals surface area contributed by atoms with Gasteiger partial charge >= 0.3 is 0 Å². The van der Waals surface area contributed by atoms with Crippen LogP contribution in [-0.2, 0) is 11.2 Å². The van der Waals surface area contributed by atoms with Crippen molar-refractivity contribution in [2.75, 3.05) is 18.4 Å². The molecule has 0 atom stereocenters. The lowest BCUT2D eigenvalue weighted by molar-refractivity contribution is -0.114. The molecule has 0 aliphatic heterocycles. The monoisotopic (exact) mass is 356 g/mol. The predicted molar refractivity (Wildman–Crippen MR) is 87.5 cm³/mol. The highest BCUT2D eigenvalue weighted by atomic mass is 32.1. The van der Waals surface area contributed by atoms with E-state index in [1.807, 2.05) is 17.5 Å². The molecule has 128 valence electrons. The van der Waals surface area contributed by atoms with Crippen molar-refractivity contribution in [1.29, 1.82) is 0 Å². The van der Waals surface area contributed by atoms with Gasteiger partial charge in [0.15, 0.2) is 23.4 Å². The molecule has 9 heteroatoms. The van der Waals surface area contributed by atoms with E-state index in [-0.39, 0.29) is 12.5 Å². The minimum atomic E-state index is -1.65. The molecular formula is C15H15F3N4OS. The van der Waals surface area contributed by atoms with Crippen LogP contribution in [0, 0.1) is 17.5 Å². The summed E-state index contributed by atoms with van der Waals surface area (Å²) in [4.78, 5) is 16.6. The number of nitrogens with one attached hydrogen (secondary N) is 2. The number of aliphatic imine (C=N–C) groups is 1. The number of anilines is 1. The number of amides is 1. The zero-order valence-electron chi connectivity index (χ0n) is 12.5. The number of thiophene rings is 1. The molecule has 0 aliphatic rings. The van der Waals surface area contributed by atoms with E-state index < -0.39 is 29.0 Å². The second kappa shape index (κ2) is 8.34. The molecule has 0 fully saturated rings. The molecule has 1 heterocycles. The number of rotatable bonds is 6. The summed E-state index contributed by atoms with van der Waals surface area (Å²) in [7, 11) is 0. The number of hydrogen-bond acceptors (Lipinski definition) is 3. The summed E-state index contributed by atoms with van der Waals surface area (Å²) < 4.78 is 39.3. The Morgan fingerprint density at radius 1 is 1.21 bits per heavy atom. The number of guanidine groups is 1. The lowest BCUT2D eigenvalue weighted by Crippen LogP contribution is -2.34. The summed E-state index contributed by atoms with van der Waals surface area (Å²) >= 11 is 1.62. The fourth-order valence-corrected chi connectivity index (χ4v) is 2.50. The van der Waals surface area contributed by atoms with Crippen LogP contribution in [0.2, 0.25) is 0 Å². The van der Waals surface area contributed by atoms with Crippen LogP contribution in [-0.4, -0.2) is 25.0 Å². The first-order valence-corrected chi connectivity index (χ1v) is 7.85. The Balaban J connectivity index is 1.80. The van der Waals surface area contributed by atoms with Gasteiger partial charge in [0.05, 0.1) is 5.69 Å². The van der Waals surface area contributed by atoms with E-state index in [1.54, 1.807) is 11.3 Å². The van der Waals surface area contributed by atoms with Crippen molar-refractivity contribution < 1.29 is 18.0 Å². The van der Waals surface area contributed by atoms with Crippen LogP contribution in [0.15, 0.2) is 34.6 Å². The number of hydrogen-bond donors (Lipinski definition) is 3. The molecule has 2 aromatic rings. The van der Waals surface area contributed by atoms with Crippen LogP contribution < -0.4 is 16.4 Å². The third-order valence-electron chi connectivity index (χ3n) is 2.96. The molecule has 0 aliphatic carbocycles. The smallest absolute Gasteiger partial charge is 0.246 e. The van der Waals surface area contributed by atoms with Crippen LogP contribution in [0.5, 0.6) is 0 Å². The van der Waals surface area contributed by atoms with E-state index in [2.05, 4.69) is 15.6 Å². The summed E-state index contributed by atoms with van der Waals surface area (Å²) in [5.74, 6) is -5.08. The maximum Gasteiger partial charge on any atom is 0.246 e. The molecule has 1 aromatic carbocycles. The molecular weight excluding hydrogens is 341 g/mol. The number of halogens is 3. The Hall–Kier alpha value is -2.55. The van der Waals surface area contributed by atoms with Crippen molar-refractivity contribution in [2.45, 2.75) is 6.42 Å². The van der Waals surface area contributed by atoms with Crippen molar-refractivity contribution >= 4 is 28.9 Å². The molecule has 0 bridgehead atoms. The first-order chi connectivity index (χ1) is 11.5. The fraction of sp³-hybridized carbons (Fsp3) is 0.200. The quantitative estimate of drug-likeness (QED) is 0.422. The summed E-state index contributed by atoms with van der Waals surface area (Å²) in [6, 6.07) is 5.58. The Kier molecular flexibility index (Phi) is 6.19. The second-order valence-electron chi connectivity index (χ2n) is 4.73. The standard InChI is InChI=1S/C15H15F3N4OS/c16-10-3-4-11(14(18)13(10)17)22-12(23)8-21-15(19)20-6-5-9-2-1-7-24-9/h1-4,7H,5-6,8H2,(H,22,23)(H3,19,20,21). The first kappa shape index (κ1) is 17.8. The highest BCUT2D eigenvalue weighted by Gasteiger charge is 2.14. The second-order valence-corrected chi connectivity index (χ2v) is 5.76. The van der Waals surface area contributed by atoms with E-state index in [1.165, 1.54) is 4.88 Å². The van der Waals surface area contributed by atoms with Crippen LogP contribution in [0.4, 0.5) is 18.9 Å². The van der Waals surface area contributed by atoms with Gasteiger partial charge in [-0.1, -0.05) is 6.07 Å². The third-order valence-corrected chi connectivity index (χ3v) is 3.90. The molecule has 0 spiro atoms. The van der Waals surface area contributed by atoms with E-state index in [0.29, 0.717) is 6.54 Å². The summed E-state index contributed by atoms with van der Waals surface area (Å²) in [5, 5.41) is 6.91. The van der Waals surface area contributed by atoms with Gasteiger partial charge in [-0.25, -0.2) is 18.2 Å². The molecule has 5 nitrogen and oxygen atoms in total. The summed E-state index contributed by atoms with van der Waals surface area (Å²) in [5.41, 5.74) is 5.15. The number of carbonyl (C=O) groups excluding carboxylic acids is 1. The molecule has 2 rings (SSSR count). The number of benzene rings is 1. The predicted octanol–water partition coefficient (Wildman–Crippen LogP) is 2.25. The van der Waals surface area contributed by atoms with Crippen LogP contribution in [0.25, 0.3) is 0 Å². The highest BCUT2D eigenvalue weighted by Crippen LogP contribution is 2.19. The Labute approximate surface area is 140 Å². The normalized spacial score (nSPS) is 11.4. The summed E-state index contributed by atoms with van der Waals surface area (Å²) in [6.45, 7) is 0.172. The van der Waals surface area contributed by atoms with Gasteiger partial charge in [-0.2, -0.15) is 0 Å². The molecule has 24 heavy (non-hydrogen) atoms. The SMILES string of the molecule is NC(=NCC(=O)Nc1ccc(F)c(F)c1F)NCCc1cccs1. The van der Waals surface area contributed by atoms with Crippen molar-refractivity contribution in [3.63, 3.8) is 0 Å². The van der Waals surface area contributed by atoms with Crippen molar-refractivity contribution in [1.82, 2.24) is 5.32 Å². The molecule has 0 radical (unpaired) electrons. The number of nitrogens with zero attached hydrogens (tertiary/aromatic N) is 1. The zero-order valence-corrected chi connectivity index (χ0v) is 13.3. The van der Waals surface area contributed by atoms with E-state index >= 15 is 0 Å². The van der Waals surface area contributed by atoms with Gasteiger partial charge in [0.2, 0.25) is 5.91 Å². The van der Waals surface area contributed by atoms with Gasteiger partial charge in [0.25, 0.3) is 0 Å². The number of carbonyl (C=O) groups is 1. The lowest BCUT2D eigenvalue weighted by Gasteiger charge is -2.07. The Morgan fingerprint density at radius 2 is 2.00 bits per heavy atom. The molecule has 0 saturated heterocycles. The topological polar surface area (TPSA) is 79.5 Å². The van der Waals surface area contributed by atoms with E-state index in [4.69, 9.17) is 5.73 Å². The van der Waals surface area contributed by atoms with Crippen LogP contribution in [0.1, 0.15) is 4.88 Å². The summed E-state index contributed by atoms with van der Waals surface area (Å²) in [6.07, 6.45) is 0.764. The minimum absolute atomic E-state index is 0.0625. The maximum atomic E-state index is 13.4. The molecule has 0 unspecified atom stereocenters. The average molecular weight is 356 g/mol. The van der Waals surface area contributed by atoms with Gasteiger partial charge < -0.3 is 16.4 Å². The van der Waals surface area contributed by atoms with Gasteiger partial charge in [-0.15, -0.1) is 11.3 Å². The van der Waals surface area contributed by atoms with Gasteiger partial charge in [0, 0.05) is 11.4 Å². The molecule has 1 aromatic heterocycles. The number of nitrogens with two attached hydrogens (primary N) is 1. The third kappa shape index (κ3) is 4.98. The highest BCUT2D eigenvalue weighted by molar-refractivity contribution is 7.09. The zero-order chi connectivity index (χ0) is 17.5. The average Bonchev–Trinajstić information content (AvgIpc) is 3.07. The fourth-order valence-electron chi connectivity index (χ4n) is 1.79. The van der Waals surface area contributed by atoms with Crippen molar-refractivity contribution in [3.8, 4) is 0 Å². The Bertz CT molecular complexity index is 735. The molecule has 0 saturated carbocycles. The lowest BCUT2D eigenvalue weighted by atomic mass is 10.3. The largest absolute Gasteiger partial charge is 0.370 e. The van der Waals surface area contributed by atoms with E-state index in [0.717, 1.165) is 18.6 Å². The van der Waals surface area contributed by atoms with Crippen molar-refractivity contribution in [3.05, 3.63) is 52.0 Å². The minimum Gasteiger partial charge on any atom is -0.370 e. The molecule has 1 amide bonds. The van der Waals surface area contributed by atoms with Gasteiger partial charge in [0.1, 0.15) is 6.54 Å². The first-order valence-electron chi connectivity index (χ1n) is 6.97. The van der Waals surface area contributed by atoms with Crippen LogP contribution in [0.3, 0.4) is 0 Å². The van der Waals surface area contributed by atoms with E-state index in [9.17, 15) is 18.0 Å². The Morgan fingerprint density at radius 3 is 2.71 bits per heavy atom.